The predicted octanol–water partition coefficient (Wildman–Crippen LogP) is 0.835. The van der Waals surface area contributed by atoms with Gasteiger partial charge in [0.2, 0.25) is 5.91 Å². The Morgan fingerprint density at radius 2 is 2.11 bits per heavy atom. The molecule has 6 nitrogen and oxygen atoms in total. The molecule has 1 unspecified atom stereocenters. The third-order valence-electron chi connectivity index (χ3n) is 2.91. The zero-order valence-electron chi connectivity index (χ0n) is 10.5. The fourth-order valence-corrected chi connectivity index (χ4v) is 3.60. The summed E-state index contributed by atoms with van der Waals surface area (Å²) in [7, 11) is -2.32. The quantitative estimate of drug-likeness (QED) is 0.771. The fourth-order valence-electron chi connectivity index (χ4n) is 1.89. The van der Waals surface area contributed by atoms with E-state index in [1.807, 2.05) is 0 Å². The molecule has 1 aromatic rings. The molecule has 0 saturated carbocycles. The summed E-state index contributed by atoms with van der Waals surface area (Å²) in [4.78, 5) is 23.2. The highest BCUT2D eigenvalue weighted by atomic mass is 32.2. The maximum Gasteiger partial charge on any atom is 0.337 e. The zero-order chi connectivity index (χ0) is 14.2. The number of anilines is 1. The maximum atomic E-state index is 12.1. The number of carbonyl (C=O) groups excluding carboxylic acids is 2. The van der Waals surface area contributed by atoms with Crippen LogP contribution in [0.5, 0.6) is 0 Å². The molecule has 1 N–H and O–H groups in total. The zero-order valence-corrected chi connectivity index (χ0v) is 11.3. The lowest BCUT2D eigenvalue weighted by Crippen LogP contribution is -2.22. The van der Waals surface area contributed by atoms with Crippen LogP contribution in [0.2, 0.25) is 0 Å². The molecule has 0 saturated heterocycles. The topological polar surface area (TPSA) is 89.5 Å². The Balaban J connectivity index is 2.58. The average molecular weight is 283 g/mol. The number of rotatable bonds is 1. The average Bonchev–Trinajstić information content (AvgIpc) is 2.44. The van der Waals surface area contributed by atoms with Gasteiger partial charge in [0.05, 0.1) is 29.0 Å². The van der Waals surface area contributed by atoms with Gasteiger partial charge in [0.1, 0.15) is 0 Å². The molecule has 1 heterocycles. The maximum absolute atomic E-state index is 12.1. The van der Waals surface area contributed by atoms with Crippen LogP contribution in [-0.4, -0.2) is 33.2 Å². The molecule has 1 amide bonds. The monoisotopic (exact) mass is 283 g/mol. The molecule has 1 aliphatic rings. The molecule has 1 aromatic carbocycles. The molecule has 0 radical (unpaired) electrons. The highest BCUT2D eigenvalue weighted by Crippen LogP contribution is 2.29. The van der Waals surface area contributed by atoms with Crippen molar-refractivity contribution < 1.29 is 22.7 Å². The number of carbonyl (C=O) groups is 2. The number of sulfone groups is 1. The Morgan fingerprint density at radius 3 is 2.74 bits per heavy atom. The molecule has 2 rings (SSSR count). The van der Waals surface area contributed by atoms with E-state index in [1.165, 1.54) is 25.3 Å². The molecule has 1 aliphatic heterocycles. The van der Waals surface area contributed by atoms with Crippen molar-refractivity contribution in [3.8, 4) is 0 Å². The van der Waals surface area contributed by atoms with Gasteiger partial charge in [-0.2, -0.15) is 0 Å². The normalized spacial score (nSPS) is 20.9. The van der Waals surface area contributed by atoms with Gasteiger partial charge in [0, 0.05) is 5.92 Å². The minimum atomic E-state index is -3.55. The van der Waals surface area contributed by atoms with E-state index in [0.29, 0.717) is 0 Å². The first kappa shape index (κ1) is 13.5. The van der Waals surface area contributed by atoms with Crippen molar-refractivity contribution in [3.63, 3.8) is 0 Å². The Kier molecular flexibility index (Phi) is 3.32. The van der Waals surface area contributed by atoms with Crippen LogP contribution in [0, 0.1) is 5.92 Å². The standard InChI is InChI=1S/C12H13NO5S/c1-7-6-19(16,17)10-4-3-8(12(15)18-2)5-9(10)13-11(7)14/h3-5,7H,6H2,1-2H3,(H,13,14). The summed E-state index contributed by atoms with van der Waals surface area (Å²) in [5.74, 6) is -1.86. The van der Waals surface area contributed by atoms with Crippen molar-refractivity contribution in [1.29, 1.82) is 0 Å². The SMILES string of the molecule is COC(=O)c1ccc2c(c1)NC(=O)C(C)CS2(=O)=O. The molecule has 0 aliphatic carbocycles. The van der Waals surface area contributed by atoms with Gasteiger partial charge in [-0.15, -0.1) is 0 Å². The van der Waals surface area contributed by atoms with E-state index in [0.717, 1.165) is 0 Å². The first-order valence-corrected chi connectivity index (χ1v) is 7.26. The summed E-state index contributed by atoms with van der Waals surface area (Å²) >= 11 is 0. The number of hydrogen-bond acceptors (Lipinski definition) is 5. The molecule has 1 atom stereocenters. The number of fused-ring (bicyclic) bond motifs is 1. The van der Waals surface area contributed by atoms with Crippen LogP contribution < -0.4 is 5.32 Å². The highest BCUT2D eigenvalue weighted by molar-refractivity contribution is 7.91. The Bertz CT molecular complexity index is 650. The van der Waals surface area contributed by atoms with Gasteiger partial charge in [-0.25, -0.2) is 13.2 Å². The third-order valence-corrected chi connectivity index (χ3v) is 4.88. The largest absolute Gasteiger partial charge is 0.465 e. The summed E-state index contributed by atoms with van der Waals surface area (Å²) in [6, 6.07) is 3.99. The summed E-state index contributed by atoms with van der Waals surface area (Å²) in [5.41, 5.74) is 0.309. The first-order valence-electron chi connectivity index (χ1n) is 5.61. The van der Waals surface area contributed by atoms with Crippen LogP contribution in [0.4, 0.5) is 5.69 Å². The second kappa shape index (κ2) is 4.65. The second-order valence-electron chi connectivity index (χ2n) is 4.37. The Morgan fingerprint density at radius 1 is 1.42 bits per heavy atom. The van der Waals surface area contributed by atoms with E-state index in [-0.39, 0.29) is 27.8 Å². The van der Waals surface area contributed by atoms with Crippen molar-refractivity contribution in [1.82, 2.24) is 0 Å². The number of nitrogens with one attached hydrogen (secondary N) is 1. The number of hydrogen-bond donors (Lipinski definition) is 1. The van der Waals surface area contributed by atoms with Gasteiger partial charge in [0.15, 0.2) is 9.84 Å². The molecular formula is C12H13NO5S. The van der Waals surface area contributed by atoms with E-state index in [2.05, 4.69) is 10.1 Å². The summed E-state index contributed by atoms with van der Waals surface area (Å²) < 4.78 is 28.7. The van der Waals surface area contributed by atoms with Crippen molar-refractivity contribution in [2.75, 3.05) is 18.2 Å². The number of ether oxygens (including phenoxy) is 1. The molecule has 0 aromatic heterocycles. The second-order valence-corrected chi connectivity index (χ2v) is 6.38. The first-order chi connectivity index (χ1) is 8.85. The van der Waals surface area contributed by atoms with Gasteiger partial charge >= 0.3 is 5.97 Å². The third kappa shape index (κ3) is 2.46. The minimum absolute atomic E-state index is 0.0258. The van der Waals surface area contributed by atoms with Gasteiger partial charge in [-0.1, -0.05) is 6.92 Å². The van der Waals surface area contributed by atoms with Crippen molar-refractivity contribution in [3.05, 3.63) is 23.8 Å². The van der Waals surface area contributed by atoms with Gasteiger partial charge in [0.25, 0.3) is 0 Å². The molecule has 0 fully saturated rings. The lowest BCUT2D eigenvalue weighted by molar-refractivity contribution is -0.118. The number of esters is 1. The Labute approximate surface area is 110 Å². The molecule has 0 bridgehead atoms. The summed E-state index contributed by atoms with van der Waals surface area (Å²) in [6.45, 7) is 1.54. The van der Waals surface area contributed by atoms with Crippen LogP contribution >= 0.6 is 0 Å². The molecule has 7 heteroatoms. The van der Waals surface area contributed by atoms with Crippen LogP contribution in [0.25, 0.3) is 0 Å². The lowest BCUT2D eigenvalue weighted by Gasteiger charge is -2.08. The lowest BCUT2D eigenvalue weighted by atomic mass is 10.1. The van der Waals surface area contributed by atoms with E-state index in [1.54, 1.807) is 6.92 Å². The summed E-state index contributed by atoms with van der Waals surface area (Å²) in [6.07, 6.45) is 0. The van der Waals surface area contributed by atoms with E-state index >= 15 is 0 Å². The molecule has 0 spiro atoms. The van der Waals surface area contributed by atoms with Crippen LogP contribution in [0.3, 0.4) is 0 Å². The van der Waals surface area contributed by atoms with Gasteiger partial charge < -0.3 is 10.1 Å². The van der Waals surface area contributed by atoms with Crippen LogP contribution in [-0.2, 0) is 19.4 Å². The minimum Gasteiger partial charge on any atom is -0.465 e. The van der Waals surface area contributed by atoms with Crippen molar-refractivity contribution in [2.45, 2.75) is 11.8 Å². The number of methoxy groups -OCH3 is 1. The number of benzene rings is 1. The fraction of sp³-hybridized carbons (Fsp3) is 0.333. The smallest absolute Gasteiger partial charge is 0.337 e. The van der Waals surface area contributed by atoms with Gasteiger partial charge in [-0.05, 0) is 18.2 Å². The van der Waals surface area contributed by atoms with Crippen LogP contribution in [0.15, 0.2) is 23.1 Å². The summed E-state index contributed by atoms with van der Waals surface area (Å²) in [5, 5.41) is 2.52. The van der Waals surface area contributed by atoms with Crippen molar-refractivity contribution >= 4 is 27.4 Å². The Hall–Kier alpha value is -1.89. The van der Waals surface area contributed by atoms with Gasteiger partial charge in [-0.3, -0.25) is 4.79 Å². The van der Waals surface area contributed by atoms with Crippen molar-refractivity contribution in [2.24, 2.45) is 5.92 Å². The molecule has 102 valence electrons. The number of amides is 1. The highest BCUT2D eigenvalue weighted by Gasteiger charge is 2.30. The van der Waals surface area contributed by atoms with E-state index in [9.17, 15) is 18.0 Å². The molecular weight excluding hydrogens is 270 g/mol. The molecule has 19 heavy (non-hydrogen) atoms. The van der Waals surface area contributed by atoms with Crippen LogP contribution in [0.1, 0.15) is 17.3 Å². The van der Waals surface area contributed by atoms with E-state index in [4.69, 9.17) is 0 Å². The predicted molar refractivity (Wildman–Crippen MR) is 67.6 cm³/mol. The van der Waals surface area contributed by atoms with E-state index < -0.39 is 21.7 Å².